The number of hydrogen-bond donors (Lipinski definition) is 1. The summed E-state index contributed by atoms with van der Waals surface area (Å²) in [5, 5.41) is 4.10. The molecule has 2 aromatic carbocycles. The van der Waals surface area contributed by atoms with Gasteiger partial charge in [0.15, 0.2) is 0 Å². The second-order valence-electron chi connectivity index (χ2n) is 10.3. The number of para-hydroxylation sites is 1. The number of hydrogen-bond acceptors (Lipinski definition) is 8. The van der Waals surface area contributed by atoms with Gasteiger partial charge in [-0.25, -0.2) is 23.2 Å². The van der Waals surface area contributed by atoms with Gasteiger partial charge < -0.3 is 10.1 Å². The van der Waals surface area contributed by atoms with Crippen molar-refractivity contribution in [1.29, 1.82) is 0 Å². The van der Waals surface area contributed by atoms with E-state index in [1.54, 1.807) is 16.4 Å². The number of aromatic nitrogens is 2. The summed E-state index contributed by atoms with van der Waals surface area (Å²) in [6, 6.07) is 14.3. The van der Waals surface area contributed by atoms with Gasteiger partial charge in [0, 0.05) is 31.6 Å². The zero-order valence-corrected chi connectivity index (χ0v) is 23.5. The molecular weight excluding hydrogens is 502 g/mol. The predicted molar refractivity (Wildman–Crippen MR) is 148 cm³/mol. The van der Waals surface area contributed by atoms with Crippen LogP contribution in [-0.4, -0.2) is 72.9 Å². The van der Waals surface area contributed by atoms with Crippen molar-refractivity contribution in [3.63, 3.8) is 0 Å². The monoisotopic (exact) mass is 539 g/mol. The van der Waals surface area contributed by atoms with Crippen LogP contribution in [0.15, 0.2) is 53.4 Å². The molecule has 0 radical (unpaired) electrons. The SMILES string of the molecule is COC(=O)[C@@H](Nc1nc(CN2CCN(S(=O)(=O)c3ccc(C(C)C)cc3)CC2)nc2ccccc12)C(C)C. The van der Waals surface area contributed by atoms with E-state index < -0.39 is 16.1 Å². The number of carbonyl (C=O) groups excluding carboxylic acids is 1. The van der Waals surface area contributed by atoms with Crippen LogP contribution < -0.4 is 5.32 Å². The third kappa shape index (κ3) is 6.14. The molecule has 1 fully saturated rings. The zero-order valence-electron chi connectivity index (χ0n) is 22.7. The summed E-state index contributed by atoms with van der Waals surface area (Å²) in [6.45, 7) is 10.5. The number of sulfonamides is 1. The first-order valence-electron chi connectivity index (χ1n) is 13.0. The molecule has 1 saturated heterocycles. The number of fused-ring (bicyclic) bond motifs is 1. The maximum atomic E-state index is 13.2. The summed E-state index contributed by atoms with van der Waals surface area (Å²) < 4.78 is 32.9. The molecule has 0 amide bonds. The van der Waals surface area contributed by atoms with Gasteiger partial charge >= 0.3 is 5.97 Å². The van der Waals surface area contributed by atoms with Crippen molar-refractivity contribution in [2.24, 2.45) is 5.92 Å². The largest absolute Gasteiger partial charge is 0.467 e. The van der Waals surface area contributed by atoms with Gasteiger partial charge in [0.25, 0.3) is 0 Å². The lowest BCUT2D eigenvalue weighted by atomic mass is 10.0. The standard InChI is InChI=1S/C28H37N5O4S/c1-19(2)21-10-12-22(13-11-21)38(35,36)33-16-14-32(15-17-33)18-25-29-24-9-7-6-8-23(24)27(30-25)31-26(20(3)4)28(34)37-5/h6-13,19-20,26H,14-18H2,1-5H3,(H,29,30,31)/t26-/m0/s1. The number of carbonyl (C=O) groups is 1. The molecule has 0 unspecified atom stereocenters. The summed E-state index contributed by atoms with van der Waals surface area (Å²) in [4.78, 5) is 24.4. The Morgan fingerprint density at radius 1 is 0.974 bits per heavy atom. The zero-order chi connectivity index (χ0) is 27.4. The smallest absolute Gasteiger partial charge is 0.328 e. The van der Waals surface area contributed by atoms with E-state index in [0.717, 1.165) is 16.5 Å². The van der Waals surface area contributed by atoms with E-state index in [1.165, 1.54) is 7.11 Å². The summed E-state index contributed by atoms with van der Waals surface area (Å²) in [5.41, 5.74) is 1.89. The van der Waals surface area contributed by atoms with Crippen molar-refractivity contribution < 1.29 is 17.9 Å². The topological polar surface area (TPSA) is 105 Å². The lowest BCUT2D eigenvalue weighted by Gasteiger charge is -2.33. The molecule has 38 heavy (non-hydrogen) atoms. The predicted octanol–water partition coefficient (Wildman–Crippen LogP) is 3.87. The van der Waals surface area contributed by atoms with Crippen molar-refractivity contribution in [1.82, 2.24) is 19.2 Å². The molecule has 1 atom stereocenters. The van der Waals surface area contributed by atoms with Gasteiger partial charge in [-0.3, -0.25) is 4.90 Å². The van der Waals surface area contributed by atoms with E-state index >= 15 is 0 Å². The molecule has 0 saturated carbocycles. The van der Waals surface area contributed by atoms with Gasteiger partial charge in [0.2, 0.25) is 10.0 Å². The van der Waals surface area contributed by atoms with Gasteiger partial charge in [0.05, 0.1) is 24.1 Å². The van der Waals surface area contributed by atoms with Gasteiger partial charge in [-0.2, -0.15) is 4.31 Å². The maximum Gasteiger partial charge on any atom is 0.328 e. The highest BCUT2D eigenvalue weighted by Crippen LogP contribution is 2.24. The molecule has 204 valence electrons. The molecule has 0 spiro atoms. The Kier molecular flexibility index (Phi) is 8.64. The average molecular weight is 540 g/mol. The first-order chi connectivity index (χ1) is 18.1. The second kappa shape index (κ2) is 11.8. The molecule has 0 aliphatic carbocycles. The first kappa shape index (κ1) is 27.9. The summed E-state index contributed by atoms with van der Waals surface area (Å²) in [5.74, 6) is 1.19. The average Bonchev–Trinajstić information content (AvgIpc) is 2.91. The van der Waals surface area contributed by atoms with Crippen molar-refractivity contribution in [2.75, 3.05) is 38.6 Å². The third-order valence-corrected chi connectivity index (χ3v) is 8.86. The van der Waals surface area contributed by atoms with Crippen molar-refractivity contribution >= 4 is 32.7 Å². The first-order valence-corrected chi connectivity index (χ1v) is 14.5. The number of methoxy groups -OCH3 is 1. The molecule has 1 N–H and O–H groups in total. The second-order valence-corrected chi connectivity index (χ2v) is 12.2. The number of piperazine rings is 1. The highest BCUT2D eigenvalue weighted by molar-refractivity contribution is 7.89. The van der Waals surface area contributed by atoms with Gasteiger partial charge in [-0.15, -0.1) is 0 Å². The van der Waals surface area contributed by atoms with Crippen LogP contribution in [0.25, 0.3) is 10.9 Å². The lowest BCUT2D eigenvalue weighted by molar-refractivity contribution is -0.142. The Morgan fingerprint density at radius 2 is 1.63 bits per heavy atom. The Morgan fingerprint density at radius 3 is 2.24 bits per heavy atom. The fourth-order valence-electron chi connectivity index (χ4n) is 4.58. The molecule has 1 aliphatic heterocycles. The minimum absolute atomic E-state index is 0.00349. The van der Waals surface area contributed by atoms with Crippen LogP contribution in [0.4, 0.5) is 5.82 Å². The minimum Gasteiger partial charge on any atom is -0.467 e. The Labute approximate surface area is 225 Å². The molecule has 2 heterocycles. The van der Waals surface area contributed by atoms with Crippen LogP contribution in [-0.2, 0) is 26.1 Å². The van der Waals surface area contributed by atoms with Crippen LogP contribution in [0.1, 0.15) is 45.0 Å². The number of esters is 1. The van der Waals surface area contributed by atoms with E-state index in [1.807, 2.05) is 50.2 Å². The quantitative estimate of drug-likeness (QED) is 0.409. The van der Waals surface area contributed by atoms with Crippen molar-refractivity contribution in [3.8, 4) is 0 Å². The molecular formula is C28H37N5O4S. The number of ether oxygens (including phenoxy) is 1. The number of rotatable bonds is 9. The maximum absolute atomic E-state index is 13.2. The number of nitrogens with zero attached hydrogens (tertiary/aromatic N) is 4. The number of nitrogens with one attached hydrogen (secondary N) is 1. The molecule has 4 rings (SSSR count). The molecule has 9 nitrogen and oxygen atoms in total. The highest BCUT2D eigenvalue weighted by Gasteiger charge is 2.29. The van der Waals surface area contributed by atoms with E-state index in [9.17, 15) is 13.2 Å². The molecule has 3 aromatic rings. The molecule has 0 bridgehead atoms. The molecule has 1 aliphatic rings. The van der Waals surface area contributed by atoms with Crippen molar-refractivity contribution in [2.45, 2.75) is 51.1 Å². The number of anilines is 1. The normalized spacial score (nSPS) is 16.2. The van der Waals surface area contributed by atoms with E-state index in [4.69, 9.17) is 14.7 Å². The summed E-state index contributed by atoms with van der Waals surface area (Å²) in [6.07, 6.45) is 0. The summed E-state index contributed by atoms with van der Waals surface area (Å²) >= 11 is 0. The van der Waals surface area contributed by atoms with Gasteiger partial charge in [0.1, 0.15) is 17.7 Å². The fourth-order valence-corrected chi connectivity index (χ4v) is 6.00. The Balaban J connectivity index is 1.48. The van der Waals surface area contributed by atoms with Crippen LogP contribution in [0, 0.1) is 5.92 Å². The lowest BCUT2D eigenvalue weighted by Crippen LogP contribution is -2.48. The third-order valence-electron chi connectivity index (χ3n) is 6.94. The van der Waals surface area contributed by atoms with Crippen molar-refractivity contribution in [3.05, 3.63) is 59.9 Å². The minimum atomic E-state index is -3.55. The van der Waals surface area contributed by atoms with E-state index in [0.29, 0.717) is 55.2 Å². The van der Waals surface area contributed by atoms with Crippen LogP contribution >= 0.6 is 0 Å². The Hall–Kier alpha value is -3.08. The van der Waals surface area contributed by atoms with Crippen LogP contribution in [0.2, 0.25) is 0 Å². The molecule has 10 heteroatoms. The Bertz CT molecular complexity index is 1370. The molecule has 1 aromatic heterocycles. The van der Waals surface area contributed by atoms with E-state index in [2.05, 4.69) is 24.1 Å². The van der Waals surface area contributed by atoms with Gasteiger partial charge in [-0.05, 0) is 41.7 Å². The van der Waals surface area contributed by atoms with E-state index in [-0.39, 0.29) is 11.9 Å². The highest BCUT2D eigenvalue weighted by atomic mass is 32.2. The van der Waals surface area contributed by atoms with Crippen LogP contribution in [0.3, 0.4) is 0 Å². The van der Waals surface area contributed by atoms with Gasteiger partial charge in [-0.1, -0.05) is 52.0 Å². The van der Waals surface area contributed by atoms with Crippen LogP contribution in [0.5, 0.6) is 0 Å². The fraction of sp³-hybridized carbons (Fsp3) is 0.464. The number of benzene rings is 2. The summed E-state index contributed by atoms with van der Waals surface area (Å²) in [7, 11) is -2.17.